The standard InChI is InChI=1S/C26H34F3N5O2S/c1-26(28,29)15-36-25-32-21-14-34(12-10-22(21)37-25)11-9-16-3-5-17(6-4-16)31-24(35)18-7-8-20(27)23-19(18)13-30-33(23)2/h13,16-17H,3-12,14-15H2,1-2H3,(H,31,35). The van der Waals surface area contributed by atoms with Crippen molar-refractivity contribution in [2.24, 2.45) is 13.0 Å². The van der Waals surface area contributed by atoms with Crippen molar-refractivity contribution >= 4 is 28.6 Å². The van der Waals surface area contributed by atoms with E-state index >= 15 is 0 Å². The summed E-state index contributed by atoms with van der Waals surface area (Å²) < 4.78 is 47.1. The fourth-order valence-corrected chi connectivity index (χ4v) is 6.51. The first-order chi connectivity index (χ1) is 17.7. The van der Waals surface area contributed by atoms with Gasteiger partial charge in [-0.25, -0.2) is 18.2 Å². The molecular weight excluding hydrogens is 503 g/mol. The van der Waals surface area contributed by atoms with E-state index in [1.54, 1.807) is 13.2 Å². The van der Waals surface area contributed by atoms with Gasteiger partial charge in [0.25, 0.3) is 11.1 Å². The molecule has 1 amide bonds. The zero-order valence-electron chi connectivity index (χ0n) is 21.4. The Bertz CT molecular complexity index is 1260. The fraction of sp³-hybridized carbons (Fsp3) is 0.654. The van der Waals surface area contributed by atoms with Crippen LogP contribution in [0, 0.1) is 5.92 Å². The maximum atomic E-state index is 14.2. The van der Waals surface area contributed by atoms with E-state index in [0.29, 0.717) is 33.7 Å². The lowest BCUT2D eigenvalue weighted by Gasteiger charge is -2.32. The Morgan fingerprint density at radius 3 is 2.78 bits per heavy atom. The smallest absolute Gasteiger partial charge is 0.278 e. The number of amides is 1. The average Bonchev–Trinajstić information content (AvgIpc) is 3.45. The van der Waals surface area contributed by atoms with Crippen LogP contribution in [0.1, 0.15) is 62.4 Å². The van der Waals surface area contributed by atoms with Gasteiger partial charge in [0, 0.05) is 55.2 Å². The molecule has 3 aliphatic rings. The number of aryl methyl sites for hydroxylation is 1. The number of nitrogens with one attached hydrogen (secondary N) is 1. The van der Waals surface area contributed by atoms with E-state index in [9.17, 15) is 18.0 Å². The zero-order valence-corrected chi connectivity index (χ0v) is 22.2. The number of alkyl halides is 2. The summed E-state index contributed by atoms with van der Waals surface area (Å²) in [5.41, 5.74) is 1.58. The number of thiazole rings is 1. The van der Waals surface area contributed by atoms with Crippen molar-refractivity contribution < 1.29 is 22.7 Å². The third-order valence-corrected chi connectivity index (χ3v) is 8.73. The average molecular weight is 538 g/mol. The Labute approximate surface area is 218 Å². The van der Waals surface area contributed by atoms with Crippen LogP contribution in [0.4, 0.5) is 13.2 Å². The maximum absolute atomic E-state index is 14.2. The second-order valence-electron chi connectivity index (χ2n) is 10.6. The highest BCUT2D eigenvalue weighted by Crippen LogP contribution is 2.32. The number of hydrogen-bond acceptors (Lipinski definition) is 6. The minimum absolute atomic E-state index is 0.0939. The van der Waals surface area contributed by atoms with E-state index in [2.05, 4.69) is 20.3 Å². The van der Waals surface area contributed by atoms with E-state index in [-0.39, 0.29) is 24.2 Å². The molecule has 3 heterocycles. The summed E-state index contributed by atoms with van der Waals surface area (Å²) in [6, 6.07) is 0.147. The highest BCUT2D eigenvalue weighted by atomic mass is 32.1. The molecule has 2 aliphatic carbocycles. The molecular formula is C26H34F3N5O2S. The lowest BCUT2D eigenvalue weighted by molar-refractivity contribution is -0.116. The molecule has 2 aromatic rings. The highest BCUT2D eigenvalue weighted by molar-refractivity contribution is 7.13. The Balaban J connectivity index is 1.07. The van der Waals surface area contributed by atoms with Crippen molar-refractivity contribution in [1.82, 2.24) is 25.0 Å². The number of carbonyl (C=O) groups is 1. The summed E-state index contributed by atoms with van der Waals surface area (Å²) in [4.78, 5) is 20.9. The Kier molecular flexibility index (Phi) is 7.63. The van der Waals surface area contributed by atoms with Crippen molar-refractivity contribution in [3.63, 3.8) is 0 Å². The van der Waals surface area contributed by atoms with Gasteiger partial charge in [0.2, 0.25) is 5.91 Å². The van der Waals surface area contributed by atoms with E-state index < -0.39 is 12.5 Å². The highest BCUT2D eigenvalue weighted by Gasteiger charge is 2.28. The Morgan fingerprint density at radius 2 is 2.03 bits per heavy atom. The number of fused-ring (bicyclic) bond motifs is 2. The molecule has 0 radical (unpaired) electrons. The SMILES string of the molecule is Cn1ncc2c1=C(F)CCC=2C(=O)NC1CCC(CCN2CCc3sc(OCC(C)(F)F)nc3C2)CC1. The monoisotopic (exact) mass is 537 g/mol. The molecule has 1 saturated carbocycles. The zero-order chi connectivity index (χ0) is 26.2. The van der Waals surface area contributed by atoms with Gasteiger partial charge in [0.05, 0.1) is 17.2 Å². The Morgan fingerprint density at radius 1 is 1.24 bits per heavy atom. The first-order valence-corrected chi connectivity index (χ1v) is 13.9. The van der Waals surface area contributed by atoms with Crippen molar-refractivity contribution in [3.05, 3.63) is 27.3 Å². The summed E-state index contributed by atoms with van der Waals surface area (Å²) in [6.07, 6.45) is 8.23. The van der Waals surface area contributed by atoms with E-state index in [1.165, 1.54) is 16.0 Å². The molecule has 1 fully saturated rings. The molecule has 37 heavy (non-hydrogen) atoms. The fourth-order valence-electron chi connectivity index (χ4n) is 5.61. The van der Waals surface area contributed by atoms with Crippen LogP contribution < -0.4 is 20.6 Å². The number of aromatic nitrogens is 3. The molecule has 0 aromatic carbocycles. The molecule has 1 aliphatic heterocycles. The summed E-state index contributed by atoms with van der Waals surface area (Å²) in [5.74, 6) is -2.55. The first kappa shape index (κ1) is 26.2. The second kappa shape index (κ2) is 10.8. The summed E-state index contributed by atoms with van der Waals surface area (Å²) in [5, 5.41) is 8.71. The molecule has 11 heteroatoms. The predicted molar refractivity (Wildman–Crippen MR) is 135 cm³/mol. The number of rotatable bonds is 8. The molecule has 0 bridgehead atoms. The van der Waals surface area contributed by atoms with Crippen LogP contribution in [0.15, 0.2) is 6.20 Å². The topological polar surface area (TPSA) is 72.3 Å². The molecule has 0 saturated heterocycles. The van der Waals surface area contributed by atoms with E-state index in [0.717, 1.165) is 75.7 Å². The van der Waals surface area contributed by atoms with Crippen LogP contribution >= 0.6 is 11.3 Å². The van der Waals surface area contributed by atoms with Gasteiger partial charge in [-0.15, -0.1) is 0 Å². The van der Waals surface area contributed by atoms with Gasteiger partial charge >= 0.3 is 0 Å². The number of nitrogens with zero attached hydrogens (tertiary/aromatic N) is 4. The predicted octanol–water partition coefficient (Wildman–Crippen LogP) is 3.06. The quantitative estimate of drug-likeness (QED) is 0.561. The van der Waals surface area contributed by atoms with Gasteiger partial charge in [0.15, 0.2) is 6.61 Å². The van der Waals surface area contributed by atoms with E-state index in [4.69, 9.17) is 4.74 Å². The molecule has 2 aromatic heterocycles. The van der Waals surface area contributed by atoms with Crippen LogP contribution in [0.25, 0.3) is 11.4 Å². The lowest BCUT2D eigenvalue weighted by Crippen LogP contribution is -2.43. The molecule has 0 atom stereocenters. The third kappa shape index (κ3) is 6.19. The molecule has 0 unspecified atom stereocenters. The van der Waals surface area contributed by atoms with Crippen LogP contribution in [-0.4, -0.2) is 57.2 Å². The molecule has 0 spiro atoms. The van der Waals surface area contributed by atoms with Gasteiger partial charge in [-0.2, -0.15) is 5.10 Å². The van der Waals surface area contributed by atoms with Crippen molar-refractivity contribution in [3.8, 4) is 5.19 Å². The number of hydrogen-bond donors (Lipinski definition) is 1. The summed E-state index contributed by atoms with van der Waals surface area (Å²) in [7, 11) is 1.70. The largest absolute Gasteiger partial charge is 0.464 e. The second-order valence-corrected chi connectivity index (χ2v) is 11.7. The van der Waals surface area contributed by atoms with Crippen LogP contribution in [0.2, 0.25) is 0 Å². The Hall–Kier alpha value is -2.40. The molecule has 1 N–H and O–H groups in total. The van der Waals surface area contributed by atoms with Gasteiger partial charge in [-0.3, -0.25) is 14.4 Å². The third-order valence-electron chi connectivity index (χ3n) is 7.66. The van der Waals surface area contributed by atoms with Crippen molar-refractivity contribution in [1.29, 1.82) is 0 Å². The van der Waals surface area contributed by atoms with Gasteiger partial charge < -0.3 is 10.1 Å². The minimum atomic E-state index is -2.87. The maximum Gasteiger partial charge on any atom is 0.278 e. The number of halogens is 3. The number of ether oxygens (including phenoxy) is 1. The minimum Gasteiger partial charge on any atom is -0.464 e. The lowest BCUT2D eigenvalue weighted by atomic mass is 9.83. The van der Waals surface area contributed by atoms with Crippen LogP contribution in [0.5, 0.6) is 5.19 Å². The van der Waals surface area contributed by atoms with Gasteiger partial charge in [-0.1, -0.05) is 11.3 Å². The molecule has 7 nitrogen and oxygen atoms in total. The van der Waals surface area contributed by atoms with Crippen molar-refractivity contribution in [2.75, 3.05) is 19.7 Å². The summed E-state index contributed by atoms with van der Waals surface area (Å²) in [6.45, 7) is 2.85. The molecule has 202 valence electrons. The number of carbonyl (C=O) groups excluding carboxylic acids is 1. The van der Waals surface area contributed by atoms with E-state index in [1.807, 2.05) is 0 Å². The van der Waals surface area contributed by atoms with Crippen molar-refractivity contribution in [2.45, 2.75) is 76.8 Å². The summed E-state index contributed by atoms with van der Waals surface area (Å²) >= 11 is 1.38. The van der Waals surface area contributed by atoms with Crippen LogP contribution in [-0.2, 0) is 24.8 Å². The van der Waals surface area contributed by atoms with Crippen LogP contribution in [0.3, 0.4) is 0 Å². The van der Waals surface area contributed by atoms with Gasteiger partial charge in [0.1, 0.15) is 5.83 Å². The first-order valence-electron chi connectivity index (χ1n) is 13.1. The molecule has 5 rings (SSSR count). The van der Waals surface area contributed by atoms with Gasteiger partial charge in [-0.05, 0) is 57.4 Å². The normalized spacial score (nSPS) is 22.5.